The zero-order valence-electron chi connectivity index (χ0n) is 16.0. The van der Waals surface area contributed by atoms with Crippen LogP contribution in [0.2, 0.25) is 0 Å². The van der Waals surface area contributed by atoms with Crippen molar-refractivity contribution in [3.8, 4) is 5.69 Å². The van der Waals surface area contributed by atoms with Crippen molar-refractivity contribution in [3.63, 3.8) is 0 Å². The molecule has 0 radical (unpaired) electrons. The van der Waals surface area contributed by atoms with Gasteiger partial charge in [0.15, 0.2) is 0 Å². The van der Waals surface area contributed by atoms with E-state index >= 15 is 0 Å². The SMILES string of the molecule is COC(=O)Cc1cc(=O)n(-c2ccc(C(=O)NCCC3=CCCCC3)cc2)[nH]1. The first-order chi connectivity index (χ1) is 13.6. The van der Waals surface area contributed by atoms with Crippen molar-refractivity contribution in [2.75, 3.05) is 13.7 Å². The summed E-state index contributed by atoms with van der Waals surface area (Å²) in [5.74, 6) is -0.558. The number of hydrogen-bond donors (Lipinski definition) is 2. The number of benzene rings is 1. The number of aromatic nitrogens is 2. The predicted octanol–water partition coefficient (Wildman–Crippen LogP) is 2.50. The minimum absolute atomic E-state index is 0.00430. The van der Waals surface area contributed by atoms with Gasteiger partial charge in [0.1, 0.15) is 0 Å². The van der Waals surface area contributed by atoms with E-state index in [1.165, 1.54) is 36.3 Å². The number of ether oxygens (including phenoxy) is 1. The number of methoxy groups -OCH3 is 1. The Labute approximate surface area is 163 Å². The van der Waals surface area contributed by atoms with Crippen LogP contribution in [0, 0.1) is 0 Å². The van der Waals surface area contributed by atoms with E-state index in [0.29, 0.717) is 23.5 Å². The van der Waals surface area contributed by atoms with Crippen LogP contribution >= 0.6 is 0 Å². The van der Waals surface area contributed by atoms with E-state index in [-0.39, 0.29) is 17.9 Å². The standard InChI is InChI=1S/C21H25N3O4/c1-28-20(26)14-17-13-19(25)24(23-17)18-9-7-16(8-10-18)21(27)22-12-11-15-5-3-2-4-6-15/h5,7-10,13,23H,2-4,6,11-12,14H2,1H3,(H,22,27). The molecule has 0 bridgehead atoms. The molecule has 2 N–H and O–H groups in total. The zero-order chi connectivity index (χ0) is 19.9. The molecule has 0 fully saturated rings. The molecule has 148 valence electrons. The van der Waals surface area contributed by atoms with Crippen molar-refractivity contribution >= 4 is 11.9 Å². The van der Waals surface area contributed by atoms with E-state index in [4.69, 9.17) is 0 Å². The summed E-state index contributed by atoms with van der Waals surface area (Å²) in [5.41, 5.74) is 2.74. The Balaban J connectivity index is 1.60. The monoisotopic (exact) mass is 383 g/mol. The molecule has 1 aromatic heterocycles. The van der Waals surface area contributed by atoms with Gasteiger partial charge < -0.3 is 10.1 Å². The Hall–Kier alpha value is -3.09. The number of carbonyl (C=O) groups is 2. The van der Waals surface area contributed by atoms with Gasteiger partial charge in [-0.15, -0.1) is 0 Å². The van der Waals surface area contributed by atoms with E-state index in [1.54, 1.807) is 24.3 Å². The van der Waals surface area contributed by atoms with Gasteiger partial charge in [-0.25, -0.2) is 4.68 Å². The van der Waals surface area contributed by atoms with Crippen LogP contribution in [0.3, 0.4) is 0 Å². The number of nitrogens with one attached hydrogen (secondary N) is 2. The lowest BCUT2D eigenvalue weighted by molar-refractivity contribution is -0.139. The number of amides is 1. The third-order valence-corrected chi connectivity index (χ3v) is 4.84. The number of esters is 1. The molecule has 1 aromatic carbocycles. The molecule has 7 heteroatoms. The summed E-state index contributed by atoms with van der Waals surface area (Å²) in [6.45, 7) is 0.624. The van der Waals surface area contributed by atoms with Crippen LogP contribution in [-0.2, 0) is 16.0 Å². The second-order valence-electron chi connectivity index (χ2n) is 6.87. The van der Waals surface area contributed by atoms with Crippen molar-refractivity contribution in [3.05, 3.63) is 63.6 Å². The fourth-order valence-electron chi connectivity index (χ4n) is 3.29. The van der Waals surface area contributed by atoms with Gasteiger partial charge in [0.2, 0.25) is 0 Å². The van der Waals surface area contributed by atoms with Crippen molar-refractivity contribution in [1.82, 2.24) is 15.1 Å². The van der Waals surface area contributed by atoms with Crippen LogP contribution in [-0.4, -0.2) is 35.3 Å². The molecule has 0 spiro atoms. The lowest BCUT2D eigenvalue weighted by atomic mass is 9.97. The summed E-state index contributed by atoms with van der Waals surface area (Å²) >= 11 is 0. The van der Waals surface area contributed by atoms with Crippen molar-refractivity contribution < 1.29 is 14.3 Å². The molecule has 0 saturated carbocycles. The van der Waals surface area contributed by atoms with Gasteiger partial charge in [-0.1, -0.05) is 11.6 Å². The molecule has 1 aliphatic rings. The minimum atomic E-state index is -0.426. The Morgan fingerprint density at radius 1 is 1.21 bits per heavy atom. The normalized spacial score (nSPS) is 13.7. The second kappa shape index (κ2) is 9.21. The number of aromatic amines is 1. The summed E-state index contributed by atoms with van der Waals surface area (Å²) in [4.78, 5) is 35.8. The molecule has 28 heavy (non-hydrogen) atoms. The first-order valence-corrected chi connectivity index (χ1v) is 9.51. The molecule has 7 nitrogen and oxygen atoms in total. The maximum atomic E-state index is 12.3. The average molecular weight is 383 g/mol. The first kappa shape index (κ1) is 19.7. The summed E-state index contributed by atoms with van der Waals surface area (Å²) in [6, 6.07) is 8.10. The molecular weight excluding hydrogens is 358 g/mol. The quantitative estimate of drug-likeness (QED) is 0.567. The Bertz CT molecular complexity index is 922. The van der Waals surface area contributed by atoms with Crippen molar-refractivity contribution in [2.24, 2.45) is 0 Å². The number of hydrogen-bond acceptors (Lipinski definition) is 4. The van der Waals surface area contributed by atoms with Crippen LogP contribution in [0.25, 0.3) is 5.69 Å². The largest absolute Gasteiger partial charge is 0.469 e. The molecule has 0 atom stereocenters. The molecule has 1 heterocycles. The van der Waals surface area contributed by atoms with E-state index in [0.717, 1.165) is 19.3 Å². The van der Waals surface area contributed by atoms with Crippen LogP contribution in [0.1, 0.15) is 48.2 Å². The lowest BCUT2D eigenvalue weighted by Crippen LogP contribution is -2.25. The molecule has 0 unspecified atom stereocenters. The van der Waals surface area contributed by atoms with Crippen LogP contribution < -0.4 is 10.9 Å². The molecule has 0 aliphatic heterocycles. The highest BCUT2D eigenvalue weighted by Gasteiger charge is 2.11. The van der Waals surface area contributed by atoms with Crippen molar-refractivity contribution in [1.29, 1.82) is 0 Å². The van der Waals surface area contributed by atoms with Gasteiger partial charge in [-0.05, 0) is 56.4 Å². The summed E-state index contributed by atoms with van der Waals surface area (Å²) in [6.07, 6.45) is 7.95. The fraction of sp³-hybridized carbons (Fsp3) is 0.381. The maximum Gasteiger partial charge on any atom is 0.311 e. The number of allylic oxidation sites excluding steroid dienone is 1. The van der Waals surface area contributed by atoms with E-state index in [1.807, 2.05) is 0 Å². The fourth-order valence-corrected chi connectivity index (χ4v) is 3.29. The Kier molecular flexibility index (Phi) is 6.47. The smallest absolute Gasteiger partial charge is 0.311 e. The van der Waals surface area contributed by atoms with Gasteiger partial charge in [0.05, 0.1) is 19.2 Å². The molecule has 2 aromatic rings. The molecular formula is C21H25N3O4. The van der Waals surface area contributed by atoms with Gasteiger partial charge in [0, 0.05) is 23.9 Å². The van der Waals surface area contributed by atoms with Crippen LogP contribution in [0.4, 0.5) is 0 Å². The maximum absolute atomic E-state index is 12.3. The highest BCUT2D eigenvalue weighted by molar-refractivity contribution is 5.94. The van der Waals surface area contributed by atoms with E-state index < -0.39 is 5.97 Å². The van der Waals surface area contributed by atoms with Gasteiger partial charge in [-0.2, -0.15) is 0 Å². The third kappa shape index (κ3) is 5.00. The number of carbonyl (C=O) groups excluding carboxylic acids is 2. The summed E-state index contributed by atoms with van der Waals surface area (Å²) in [5, 5.41) is 5.82. The predicted molar refractivity (Wildman–Crippen MR) is 106 cm³/mol. The Morgan fingerprint density at radius 2 is 2.00 bits per heavy atom. The molecule has 0 saturated heterocycles. The lowest BCUT2D eigenvalue weighted by Gasteiger charge is -2.13. The third-order valence-electron chi connectivity index (χ3n) is 4.84. The first-order valence-electron chi connectivity index (χ1n) is 9.51. The van der Waals surface area contributed by atoms with Crippen LogP contribution in [0.5, 0.6) is 0 Å². The molecule has 1 amide bonds. The van der Waals surface area contributed by atoms with Gasteiger partial charge in [-0.3, -0.25) is 19.5 Å². The summed E-state index contributed by atoms with van der Waals surface area (Å²) in [7, 11) is 1.30. The second-order valence-corrected chi connectivity index (χ2v) is 6.87. The van der Waals surface area contributed by atoms with Gasteiger partial charge in [0.25, 0.3) is 11.5 Å². The highest BCUT2D eigenvalue weighted by atomic mass is 16.5. The molecule has 3 rings (SSSR count). The number of rotatable bonds is 7. The van der Waals surface area contributed by atoms with E-state index in [2.05, 4.69) is 21.2 Å². The topological polar surface area (TPSA) is 93.2 Å². The number of nitrogens with zero attached hydrogens (tertiary/aromatic N) is 1. The van der Waals surface area contributed by atoms with Gasteiger partial charge >= 0.3 is 5.97 Å². The van der Waals surface area contributed by atoms with E-state index in [9.17, 15) is 14.4 Å². The van der Waals surface area contributed by atoms with Crippen molar-refractivity contribution in [2.45, 2.75) is 38.5 Å². The zero-order valence-corrected chi connectivity index (χ0v) is 16.0. The number of H-pyrrole nitrogens is 1. The summed E-state index contributed by atoms with van der Waals surface area (Å²) < 4.78 is 5.93. The highest BCUT2D eigenvalue weighted by Crippen LogP contribution is 2.19. The minimum Gasteiger partial charge on any atom is -0.469 e. The van der Waals surface area contributed by atoms with Crippen LogP contribution in [0.15, 0.2) is 46.8 Å². The Morgan fingerprint density at radius 3 is 2.68 bits per heavy atom. The molecule has 1 aliphatic carbocycles. The average Bonchev–Trinajstić information content (AvgIpc) is 3.08.